The van der Waals surface area contributed by atoms with Crippen LogP contribution in [0.25, 0.3) is 21.5 Å². The number of halogens is 2. The minimum Gasteiger partial charge on any atom is -0.478 e. The first kappa shape index (κ1) is 52.0. The van der Waals surface area contributed by atoms with Crippen molar-refractivity contribution in [3.63, 3.8) is 0 Å². The van der Waals surface area contributed by atoms with Crippen molar-refractivity contribution in [3.05, 3.63) is 141 Å². The van der Waals surface area contributed by atoms with Gasteiger partial charge in [0.15, 0.2) is 0 Å². The molecule has 1 amide bonds. The fraction of sp³-hybridized carbons (Fsp3) is 0.429. The Balaban J connectivity index is 0.000000160. The summed E-state index contributed by atoms with van der Waals surface area (Å²) in [6, 6.07) is 26.6. The van der Waals surface area contributed by atoms with E-state index in [-0.39, 0.29) is 11.5 Å². The molecule has 4 aromatic carbocycles. The van der Waals surface area contributed by atoms with E-state index in [1.165, 1.54) is 70.5 Å². The Morgan fingerprint density at radius 3 is 1.48 bits per heavy atom. The number of amides is 1. The minimum atomic E-state index is -0.921. The molecule has 71 heavy (non-hydrogen) atoms. The Kier molecular flexibility index (Phi) is 18.5. The molecule has 2 aliphatic heterocycles. The lowest BCUT2D eigenvalue weighted by Crippen LogP contribution is -2.47. The maximum atomic E-state index is 12.9. The van der Waals surface area contributed by atoms with E-state index < -0.39 is 5.97 Å². The molecule has 0 atom stereocenters. The summed E-state index contributed by atoms with van der Waals surface area (Å²) in [4.78, 5) is 42.3. The summed E-state index contributed by atoms with van der Waals surface area (Å²) >= 11 is 12.4. The number of carbonyl (C=O) groups excluding carboxylic acids is 1. The SMILES string of the molecule is NCc1ccc2c(N)nccc2c1.Nc1nccc2cc(CNC(=O)c3cc(Cl)cc(CN4CCN(CC5CCCC5)CC4)c3)ccc12.O=C(O)c1cc(Cl)cc(CN2CCN(CC3CCCC3)CC2)c1. The Bertz CT molecular complexity index is 2730. The van der Waals surface area contributed by atoms with Crippen LogP contribution < -0.4 is 22.5 Å². The third-order valence-corrected chi connectivity index (χ3v) is 15.0. The molecule has 2 aromatic heterocycles. The van der Waals surface area contributed by atoms with Gasteiger partial charge in [-0.2, -0.15) is 0 Å². The van der Waals surface area contributed by atoms with Gasteiger partial charge in [-0.05, 0) is 131 Å². The lowest BCUT2D eigenvalue weighted by molar-refractivity contribution is 0.0696. The average molecular weight is 1000 g/mol. The van der Waals surface area contributed by atoms with Crippen molar-refractivity contribution in [1.29, 1.82) is 0 Å². The molecule has 10 rings (SSSR count). The third-order valence-electron chi connectivity index (χ3n) is 14.6. The third kappa shape index (κ3) is 15.1. The fourth-order valence-electron chi connectivity index (χ4n) is 10.7. The van der Waals surface area contributed by atoms with Crippen molar-refractivity contribution in [2.75, 3.05) is 76.9 Å². The van der Waals surface area contributed by atoms with Gasteiger partial charge in [-0.3, -0.25) is 14.6 Å². The Morgan fingerprint density at radius 1 is 0.563 bits per heavy atom. The van der Waals surface area contributed by atoms with Crippen LogP contribution in [0.15, 0.2) is 97.3 Å². The number of carbonyl (C=O) groups is 2. The molecular weight excluding hydrogens is 932 g/mol. The van der Waals surface area contributed by atoms with Crippen molar-refractivity contribution in [3.8, 4) is 0 Å². The molecule has 15 heteroatoms. The number of rotatable bonds is 13. The smallest absolute Gasteiger partial charge is 0.335 e. The van der Waals surface area contributed by atoms with Crippen molar-refractivity contribution in [2.24, 2.45) is 17.6 Å². The summed E-state index contributed by atoms with van der Waals surface area (Å²) in [5.74, 6) is 1.85. The molecule has 0 spiro atoms. The number of carboxylic acid groups (broad SMARTS) is 1. The number of fused-ring (bicyclic) bond motifs is 2. The van der Waals surface area contributed by atoms with E-state index in [0.29, 0.717) is 40.3 Å². The molecule has 13 nitrogen and oxygen atoms in total. The monoisotopic (exact) mass is 1000 g/mol. The molecule has 4 fully saturated rings. The van der Waals surface area contributed by atoms with Crippen LogP contribution in [-0.2, 0) is 26.2 Å². The summed E-state index contributed by atoms with van der Waals surface area (Å²) in [6.45, 7) is 13.8. The molecule has 2 saturated heterocycles. The molecule has 376 valence electrons. The summed E-state index contributed by atoms with van der Waals surface area (Å²) < 4.78 is 0. The highest BCUT2D eigenvalue weighted by molar-refractivity contribution is 6.31. The van der Waals surface area contributed by atoms with Gasteiger partial charge in [0.05, 0.1) is 5.56 Å². The first-order valence-electron chi connectivity index (χ1n) is 25.4. The quantitative estimate of drug-likeness (QED) is 0.0741. The van der Waals surface area contributed by atoms with Crippen molar-refractivity contribution in [1.82, 2.24) is 34.9 Å². The van der Waals surface area contributed by atoms with Crippen LogP contribution in [0.2, 0.25) is 10.0 Å². The first-order valence-corrected chi connectivity index (χ1v) is 26.2. The number of aromatic carboxylic acids is 1. The van der Waals surface area contributed by atoms with Crippen molar-refractivity contribution < 1.29 is 14.7 Å². The fourth-order valence-corrected chi connectivity index (χ4v) is 11.2. The first-order chi connectivity index (χ1) is 34.4. The number of pyridine rings is 2. The number of carboxylic acids is 1. The number of hydrogen-bond donors (Lipinski definition) is 5. The number of nitrogens with one attached hydrogen (secondary N) is 1. The number of nitrogen functional groups attached to an aromatic ring is 2. The number of anilines is 2. The van der Waals surface area contributed by atoms with Gasteiger partial charge in [0.1, 0.15) is 11.6 Å². The largest absolute Gasteiger partial charge is 0.478 e. The standard InChI is InChI=1S/C28H34ClN5O.C18H25ClN2O2.C10H11N3/c29-25-15-22(19-34-11-9-33(10-12-34)18-20-3-1-2-4-20)14-24(16-25)28(35)32-17-21-5-6-26-23(13-21)7-8-31-27(26)30;19-17-10-15(9-16(11-17)18(22)23)13-21-7-5-20(6-8-21)12-14-3-1-2-4-14;11-6-7-1-2-9-8(5-7)3-4-13-10(9)12/h5-8,13-16,20H,1-4,9-12,17-19H2,(H2,30,31)(H,32,35);9-11,14H,1-8,12-13H2,(H,22,23);1-5H,6,11H2,(H2,12,13). The highest BCUT2D eigenvalue weighted by atomic mass is 35.5. The second-order valence-corrected chi connectivity index (χ2v) is 20.7. The normalized spacial score (nSPS) is 17.5. The predicted octanol–water partition coefficient (Wildman–Crippen LogP) is 9.33. The molecule has 0 unspecified atom stereocenters. The van der Waals surface area contributed by atoms with Gasteiger partial charge in [-0.15, -0.1) is 0 Å². The van der Waals surface area contributed by atoms with Gasteiger partial charge in [0.25, 0.3) is 5.91 Å². The Hall–Kier alpha value is -5.38. The number of benzene rings is 4. The molecule has 4 aliphatic rings. The molecule has 4 heterocycles. The van der Waals surface area contributed by atoms with Crippen LogP contribution in [0.4, 0.5) is 11.6 Å². The lowest BCUT2D eigenvalue weighted by Gasteiger charge is -2.36. The zero-order valence-electron chi connectivity index (χ0n) is 40.9. The van der Waals surface area contributed by atoms with Gasteiger partial charge in [0, 0.05) is 130 Å². The van der Waals surface area contributed by atoms with Gasteiger partial charge in [0.2, 0.25) is 0 Å². The molecular formula is C56H70Cl2N10O3. The Labute approximate surface area is 428 Å². The van der Waals surface area contributed by atoms with E-state index in [9.17, 15) is 9.59 Å². The van der Waals surface area contributed by atoms with E-state index in [4.69, 9.17) is 45.5 Å². The maximum Gasteiger partial charge on any atom is 0.335 e. The van der Waals surface area contributed by atoms with E-state index in [2.05, 4.69) is 34.9 Å². The zero-order valence-corrected chi connectivity index (χ0v) is 42.4. The highest BCUT2D eigenvalue weighted by Crippen LogP contribution is 2.28. The predicted molar refractivity (Wildman–Crippen MR) is 289 cm³/mol. The van der Waals surface area contributed by atoms with Crippen LogP contribution in [0.1, 0.15) is 94.3 Å². The topological polar surface area (TPSA) is 183 Å². The molecule has 0 bridgehead atoms. The second-order valence-electron chi connectivity index (χ2n) is 19.8. The number of piperazine rings is 2. The average Bonchev–Trinajstić information content (AvgIpc) is 4.10. The minimum absolute atomic E-state index is 0.121. The van der Waals surface area contributed by atoms with Gasteiger partial charge >= 0.3 is 5.97 Å². The van der Waals surface area contributed by atoms with Gasteiger partial charge in [-0.25, -0.2) is 14.8 Å². The lowest BCUT2D eigenvalue weighted by atomic mass is 10.1. The van der Waals surface area contributed by atoms with Crippen LogP contribution in [0.5, 0.6) is 0 Å². The Morgan fingerprint density at radius 2 is 1.00 bits per heavy atom. The zero-order chi connectivity index (χ0) is 49.7. The number of nitrogens with zero attached hydrogens (tertiary/aromatic N) is 6. The van der Waals surface area contributed by atoms with Gasteiger partial charge < -0.3 is 37.4 Å². The van der Waals surface area contributed by atoms with Crippen molar-refractivity contribution in [2.45, 2.75) is 77.5 Å². The van der Waals surface area contributed by atoms with Crippen LogP contribution >= 0.6 is 23.2 Å². The summed E-state index contributed by atoms with van der Waals surface area (Å²) in [7, 11) is 0. The van der Waals surface area contributed by atoms with Crippen LogP contribution in [0.3, 0.4) is 0 Å². The molecule has 2 saturated carbocycles. The van der Waals surface area contributed by atoms with Crippen molar-refractivity contribution >= 4 is 68.3 Å². The summed E-state index contributed by atoms with van der Waals surface area (Å²) in [5.41, 5.74) is 22.2. The van der Waals surface area contributed by atoms with E-state index >= 15 is 0 Å². The molecule has 0 radical (unpaired) electrons. The van der Waals surface area contributed by atoms with E-state index in [1.807, 2.05) is 66.7 Å². The molecule has 2 aliphatic carbocycles. The number of hydrogen-bond acceptors (Lipinski definition) is 11. The molecule has 6 aromatic rings. The summed E-state index contributed by atoms with van der Waals surface area (Å²) in [5, 5.41) is 17.3. The van der Waals surface area contributed by atoms with Crippen LogP contribution in [-0.4, -0.2) is 112 Å². The number of nitrogens with two attached hydrogens (primary N) is 3. The highest BCUT2D eigenvalue weighted by Gasteiger charge is 2.24. The maximum absolute atomic E-state index is 12.9. The van der Waals surface area contributed by atoms with Crippen LogP contribution in [0, 0.1) is 11.8 Å². The summed E-state index contributed by atoms with van der Waals surface area (Å²) in [6.07, 6.45) is 14.6. The van der Waals surface area contributed by atoms with Gasteiger partial charge in [-0.1, -0.05) is 73.2 Å². The van der Waals surface area contributed by atoms with E-state index in [0.717, 1.165) is 121 Å². The van der Waals surface area contributed by atoms with E-state index in [1.54, 1.807) is 24.5 Å². The second kappa shape index (κ2) is 25.3. The number of aromatic nitrogens is 2. The molecule has 8 N–H and O–H groups in total.